The van der Waals surface area contributed by atoms with E-state index in [9.17, 15) is 4.79 Å². The summed E-state index contributed by atoms with van der Waals surface area (Å²) in [4.78, 5) is 13.6. The van der Waals surface area contributed by atoms with Crippen molar-refractivity contribution in [1.82, 2.24) is 4.90 Å². The number of carbonyl (C=O) groups excluding carboxylic acids is 1. The molecule has 78 valence electrons. The highest BCUT2D eigenvalue weighted by atomic mass is 16.2. The van der Waals surface area contributed by atoms with Crippen molar-refractivity contribution in [2.24, 2.45) is 5.92 Å². The lowest BCUT2D eigenvalue weighted by Gasteiger charge is -2.35. The molecule has 0 aromatic carbocycles. The van der Waals surface area contributed by atoms with Gasteiger partial charge in [-0.25, -0.2) is 0 Å². The van der Waals surface area contributed by atoms with E-state index in [-0.39, 0.29) is 5.91 Å². The molecule has 0 bridgehead atoms. The first-order valence-corrected chi connectivity index (χ1v) is 5.37. The summed E-state index contributed by atoms with van der Waals surface area (Å²) in [6.45, 7) is 2.00. The minimum atomic E-state index is -0.425. The lowest BCUT2D eigenvalue weighted by molar-refractivity contribution is -0.136. The lowest BCUT2D eigenvalue weighted by Crippen LogP contribution is -2.43. The molecule has 1 saturated carbocycles. The van der Waals surface area contributed by atoms with Crippen molar-refractivity contribution in [1.29, 1.82) is 5.26 Å². The highest BCUT2D eigenvalue weighted by Gasteiger charge is 2.29. The molecule has 3 heteroatoms. The Labute approximate surface area is 85.7 Å². The molecule has 0 heterocycles. The number of nitrogens with zero attached hydrogens (tertiary/aromatic N) is 2. The van der Waals surface area contributed by atoms with Crippen molar-refractivity contribution in [2.75, 3.05) is 7.05 Å². The highest BCUT2D eigenvalue weighted by Crippen LogP contribution is 2.25. The van der Waals surface area contributed by atoms with E-state index in [1.165, 1.54) is 6.42 Å². The maximum absolute atomic E-state index is 11.8. The summed E-state index contributed by atoms with van der Waals surface area (Å²) >= 11 is 0. The smallest absolute Gasteiger partial charge is 0.239 e. The van der Waals surface area contributed by atoms with Gasteiger partial charge in [-0.1, -0.05) is 13.3 Å². The molecule has 1 rings (SSSR count). The Bertz CT molecular complexity index is 240. The monoisotopic (exact) mass is 194 g/mol. The molecular weight excluding hydrogens is 176 g/mol. The second kappa shape index (κ2) is 4.99. The molecule has 1 fully saturated rings. The van der Waals surface area contributed by atoms with Crippen LogP contribution in [0.25, 0.3) is 0 Å². The molecule has 0 aromatic heterocycles. The lowest BCUT2D eigenvalue weighted by atomic mass is 9.90. The predicted octanol–water partition coefficient (Wildman–Crippen LogP) is 1.94. The molecule has 1 unspecified atom stereocenters. The summed E-state index contributed by atoms with van der Waals surface area (Å²) < 4.78 is 0. The van der Waals surface area contributed by atoms with Crippen LogP contribution in [0.2, 0.25) is 0 Å². The van der Waals surface area contributed by atoms with Crippen LogP contribution in [0.3, 0.4) is 0 Å². The standard InChI is InChI=1S/C11H18N2O/c1-3-5-9(8-12)11(14)13(2)10-6-4-7-10/h9-10H,3-7H2,1-2H3. The number of nitriles is 1. The van der Waals surface area contributed by atoms with Gasteiger partial charge in [0, 0.05) is 13.1 Å². The zero-order valence-electron chi connectivity index (χ0n) is 8.99. The van der Waals surface area contributed by atoms with Gasteiger partial charge in [0.25, 0.3) is 0 Å². The first-order valence-electron chi connectivity index (χ1n) is 5.37. The number of rotatable bonds is 4. The Hall–Kier alpha value is -1.04. The first-order chi connectivity index (χ1) is 6.70. The molecule has 1 atom stereocenters. The van der Waals surface area contributed by atoms with Gasteiger partial charge in [0.15, 0.2) is 0 Å². The summed E-state index contributed by atoms with van der Waals surface area (Å²) in [7, 11) is 1.83. The third kappa shape index (κ3) is 2.25. The molecule has 1 aliphatic rings. The van der Waals surface area contributed by atoms with Gasteiger partial charge in [0.2, 0.25) is 5.91 Å². The molecule has 0 radical (unpaired) electrons. The van der Waals surface area contributed by atoms with Gasteiger partial charge in [-0.2, -0.15) is 5.26 Å². The molecule has 0 saturated heterocycles. The summed E-state index contributed by atoms with van der Waals surface area (Å²) in [6, 6.07) is 2.49. The highest BCUT2D eigenvalue weighted by molar-refractivity contribution is 5.81. The van der Waals surface area contributed by atoms with Crippen LogP contribution < -0.4 is 0 Å². The van der Waals surface area contributed by atoms with Gasteiger partial charge >= 0.3 is 0 Å². The summed E-state index contributed by atoms with van der Waals surface area (Å²) in [5.41, 5.74) is 0. The third-order valence-electron chi connectivity index (χ3n) is 3.00. The van der Waals surface area contributed by atoms with E-state index in [0.717, 1.165) is 19.3 Å². The van der Waals surface area contributed by atoms with E-state index in [4.69, 9.17) is 5.26 Å². The number of hydrogen-bond donors (Lipinski definition) is 0. The normalized spacial score (nSPS) is 18.1. The molecule has 0 aliphatic heterocycles. The van der Waals surface area contributed by atoms with E-state index in [1.54, 1.807) is 4.90 Å². The van der Waals surface area contributed by atoms with Crippen LogP contribution in [-0.2, 0) is 4.79 Å². The fourth-order valence-electron chi connectivity index (χ4n) is 1.73. The average Bonchev–Trinajstić information content (AvgIpc) is 2.10. The second-order valence-corrected chi connectivity index (χ2v) is 4.00. The van der Waals surface area contributed by atoms with Crippen molar-refractivity contribution in [3.63, 3.8) is 0 Å². The Morgan fingerprint density at radius 3 is 2.64 bits per heavy atom. The minimum Gasteiger partial charge on any atom is -0.342 e. The van der Waals surface area contributed by atoms with Crippen LogP contribution >= 0.6 is 0 Å². The first kappa shape index (κ1) is 11.0. The van der Waals surface area contributed by atoms with Crippen molar-refractivity contribution >= 4 is 5.91 Å². The fourth-order valence-corrected chi connectivity index (χ4v) is 1.73. The van der Waals surface area contributed by atoms with E-state index >= 15 is 0 Å². The fraction of sp³-hybridized carbons (Fsp3) is 0.818. The maximum Gasteiger partial charge on any atom is 0.239 e. The number of amides is 1. The van der Waals surface area contributed by atoms with Gasteiger partial charge in [0.05, 0.1) is 6.07 Å². The molecule has 0 aromatic rings. The molecule has 14 heavy (non-hydrogen) atoms. The van der Waals surface area contributed by atoms with Gasteiger partial charge in [-0.05, 0) is 25.7 Å². The summed E-state index contributed by atoms with van der Waals surface area (Å²) in [5.74, 6) is -0.412. The zero-order chi connectivity index (χ0) is 10.6. The van der Waals surface area contributed by atoms with E-state index < -0.39 is 5.92 Å². The Balaban J connectivity index is 2.48. The van der Waals surface area contributed by atoms with Crippen LogP contribution in [0.5, 0.6) is 0 Å². The van der Waals surface area contributed by atoms with Crippen LogP contribution in [0.1, 0.15) is 39.0 Å². The second-order valence-electron chi connectivity index (χ2n) is 4.00. The Morgan fingerprint density at radius 1 is 1.64 bits per heavy atom. The van der Waals surface area contributed by atoms with Crippen molar-refractivity contribution in [2.45, 2.75) is 45.1 Å². The Kier molecular flexibility index (Phi) is 3.94. The van der Waals surface area contributed by atoms with E-state index in [1.807, 2.05) is 14.0 Å². The molecule has 0 spiro atoms. The topological polar surface area (TPSA) is 44.1 Å². The van der Waals surface area contributed by atoms with Gasteiger partial charge < -0.3 is 4.90 Å². The van der Waals surface area contributed by atoms with Crippen LogP contribution in [0.15, 0.2) is 0 Å². The van der Waals surface area contributed by atoms with E-state index in [0.29, 0.717) is 12.5 Å². The summed E-state index contributed by atoms with van der Waals surface area (Å²) in [5, 5.41) is 8.85. The summed E-state index contributed by atoms with van der Waals surface area (Å²) in [6.07, 6.45) is 5.00. The van der Waals surface area contributed by atoms with Crippen molar-refractivity contribution < 1.29 is 4.79 Å². The van der Waals surface area contributed by atoms with Crippen molar-refractivity contribution in [3.8, 4) is 6.07 Å². The van der Waals surface area contributed by atoms with E-state index in [2.05, 4.69) is 6.07 Å². The van der Waals surface area contributed by atoms with Crippen LogP contribution in [0, 0.1) is 17.2 Å². The molecule has 1 amide bonds. The zero-order valence-corrected chi connectivity index (χ0v) is 8.99. The molecule has 0 N–H and O–H groups in total. The average molecular weight is 194 g/mol. The van der Waals surface area contributed by atoms with Gasteiger partial charge in [0.1, 0.15) is 5.92 Å². The van der Waals surface area contributed by atoms with Crippen molar-refractivity contribution in [3.05, 3.63) is 0 Å². The SMILES string of the molecule is CCCC(C#N)C(=O)N(C)C1CCC1. The minimum absolute atomic E-state index is 0.0130. The largest absolute Gasteiger partial charge is 0.342 e. The molecular formula is C11H18N2O. The Morgan fingerprint density at radius 2 is 2.29 bits per heavy atom. The van der Waals surface area contributed by atoms with Crippen LogP contribution in [0.4, 0.5) is 0 Å². The van der Waals surface area contributed by atoms with Gasteiger partial charge in [-0.3, -0.25) is 4.79 Å². The predicted molar refractivity (Wildman–Crippen MR) is 54.4 cm³/mol. The molecule has 3 nitrogen and oxygen atoms in total. The number of carbonyl (C=O) groups is 1. The maximum atomic E-state index is 11.8. The quantitative estimate of drug-likeness (QED) is 0.686. The number of hydrogen-bond acceptors (Lipinski definition) is 2. The third-order valence-corrected chi connectivity index (χ3v) is 3.00. The van der Waals surface area contributed by atoms with Gasteiger partial charge in [-0.15, -0.1) is 0 Å². The molecule has 1 aliphatic carbocycles. The van der Waals surface area contributed by atoms with Crippen LogP contribution in [-0.4, -0.2) is 23.9 Å².